The molecule has 1 N–H and O–H groups in total. The number of nitrogens with zero attached hydrogens (tertiary/aromatic N) is 2. The van der Waals surface area contributed by atoms with Crippen LogP contribution in [-0.4, -0.2) is 61.6 Å². The third kappa shape index (κ3) is 5.66. The predicted molar refractivity (Wildman–Crippen MR) is 97.9 cm³/mol. The summed E-state index contributed by atoms with van der Waals surface area (Å²) in [5, 5.41) is 2.98. The van der Waals surface area contributed by atoms with Gasteiger partial charge in [-0.2, -0.15) is 0 Å². The quantitative estimate of drug-likeness (QED) is 0.914. The fourth-order valence-electron chi connectivity index (χ4n) is 2.71. The van der Waals surface area contributed by atoms with E-state index in [4.69, 9.17) is 4.74 Å². The lowest BCUT2D eigenvalue weighted by atomic mass is 9.97. The highest BCUT2D eigenvalue weighted by atomic mass is 16.5. The molecule has 0 atom stereocenters. The number of rotatable bonds is 3. The summed E-state index contributed by atoms with van der Waals surface area (Å²) < 4.78 is 5.19. The topological polar surface area (TPSA) is 61.9 Å². The number of ether oxygens (including phenoxy) is 1. The Balaban J connectivity index is 1.94. The van der Waals surface area contributed by atoms with Crippen LogP contribution < -0.4 is 10.1 Å². The number of hydrogen-bond donors (Lipinski definition) is 1. The fraction of sp³-hybridized carbons (Fsp3) is 0.579. The third-order valence-corrected chi connectivity index (χ3v) is 4.16. The first-order chi connectivity index (χ1) is 11.8. The van der Waals surface area contributed by atoms with Gasteiger partial charge in [-0.25, -0.2) is 4.79 Å². The van der Waals surface area contributed by atoms with Crippen LogP contribution >= 0.6 is 0 Å². The van der Waals surface area contributed by atoms with Crippen LogP contribution in [0.2, 0.25) is 0 Å². The molecule has 1 fully saturated rings. The van der Waals surface area contributed by atoms with Crippen molar-refractivity contribution in [3.05, 3.63) is 29.8 Å². The van der Waals surface area contributed by atoms with Gasteiger partial charge >= 0.3 is 6.03 Å². The normalized spacial score (nSPS) is 15.5. The highest BCUT2D eigenvalue weighted by Crippen LogP contribution is 2.16. The van der Waals surface area contributed by atoms with Gasteiger partial charge in [0.05, 0.1) is 7.11 Å². The lowest BCUT2D eigenvalue weighted by Gasteiger charge is -2.25. The Kier molecular flexibility index (Phi) is 6.28. The molecule has 1 aromatic rings. The van der Waals surface area contributed by atoms with Gasteiger partial charge in [-0.3, -0.25) is 4.79 Å². The lowest BCUT2D eigenvalue weighted by Crippen LogP contribution is -2.44. The van der Waals surface area contributed by atoms with Crippen molar-refractivity contribution in [1.29, 1.82) is 0 Å². The Morgan fingerprint density at radius 2 is 1.80 bits per heavy atom. The van der Waals surface area contributed by atoms with Crippen molar-refractivity contribution in [2.45, 2.75) is 27.2 Å². The van der Waals surface area contributed by atoms with Crippen LogP contribution in [0.5, 0.6) is 5.75 Å². The van der Waals surface area contributed by atoms with E-state index in [0.717, 1.165) is 6.42 Å². The minimum absolute atomic E-state index is 0.0177. The number of urea groups is 1. The molecule has 6 heteroatoms. The van der Waals surface area contributed by atoms with Gasteiger partial charge in [-0.1, -0.05) is 26.8 Å². The highest BCUT2D eigenvalue weighted by molar-refractivity contribution is 5.94. The second kappa shape index (κ2) is 8.23. The molecule has 1 aliphatic rings. The zero-order chi connectivity index (χ0) is 18.4. The number of nitrogens with one attached hydrogen (secondary N) is 1. The third-order valence-electron chi connectivity index (χ3n) is 4.16. The highest BCUT2D eigenvalue weighted by Gasteiger charge is 2.23. The molecule has 2 rings (SSSR count). The number of carbonyl (C=O) groups excluding carboxylic acids is 2. The molecule has 1 aliphatic heterocycles. The Hall–Kier alpha value is -2.24. The van der Waals surface area contributed by atoms with Crippen molar-refractivity contribution >= 4 is 11.9 Å². The Morgan fingerprint density at radius 3 is 2.48 bits per heavy atom. The van der Waals surface area contributed by atoms with Crippen molar-refractivity contribution < 1.29 is 14.3 Å². The van der Waals surface area contributed by atoms with Crippen LogP contribution in [0.4, 0.5) is 4.79 Å². The Labute approximate surface area is 150 Å². The number of carbonyl (C=O) groups is 2. The summed E-state index contributed by atoms with van der Waals surface area (Å²) in [6.45, 7) is 9.30. The standard InChI is InChI=1S/C19H29N3O3/c1-19(2,3)14-20-18(24)22-10-6-9-21(11-12-22)17(23)15-7-5-8-16(13-15)25-4/h5,7-8,13H,6,9-12,14H2,1-4H3,(H,20,24). The molecule has 1 heterocycles. The molecule has 0 radical (unpaired) electrons. The summed E-state index contributed by atoms with van der Waals surface area (Å²) in [4.78, 5) is 28.6. The molecule has 0 spiro atoms. The summed E-state index contributed by atoms with van der Waals surface area (Å²) in [5.41, 5.74) is 0.667. The van der Waals surface area contributed by atoms with Gasteiger partial charge in [-0.15, -0.1) is 0 Å². The molecule has 25 heavy (non-hydrogen) atoms. The van der Waals surface area contributed by atoms with Crippen molar-refractivity contribution in [2.75, 3.05) is 39.8 Å². The maximum absolute atomic E-state index is 12.7. The maximum Gasteiger partial charge on any atom is 0.317 e. The van der Waals surface area contributed by atoms with Crippen molar-refractivity contribution in [3.8, 4) is 5.75 Å². The first-order valence-electron chi connectivity index (χ1n) is 8.76. The van der Waals surface area contributed by atoms with E-state index in [-0.39, 0.29) is 17.4 Å². The second-order valence-corrected chi connectivity index (χ2v) is 7.58. The lowest BCUT2D eigenvalue weighted by molar-refractivity contribution is 0.0762. The van der Waals surface area contributed by atoms with Crippen molar-refractivity contribution in [2.24, 2.45) is 5.41 Å². The van der Waals surface area contributed by atoms with Crippen LogP contribution in [0.1, 0.15) is 37.6 Å². The average molecular weight is 347 g/mol. The maximum atomic E-state index is 12.7. The summed E-state index contributed by atoms with van der Waals surface area (Å²) in [6, 6.07) is 7.13. The van der Waals surface area contributed by atoms with Crippen LogP contribution in [-0.2, 0) is 0 Å². The van der Waals surface area contributed by atoms with E-state index in [0.29, 0.717) is 44.0 Å². The van der Waals surface area contributed by atoms with Crippen LogP contribution in [0.3, 0.4) is 0 Å². The van der Waals surface area contributed by atoms with Crippen LogP contribution in [0.15, 0.2) is 24.3 Å². The van der Waals surface area contributed by atoms with E-state index in [2.05, 4.69) is 26.1 Å². The zero-order valence-electron chi connectivity index (χ0n) is 15.7. The Morgan fingerprint density at radius 1 is 1.12 bits per heavy atom. The molecule has 1 aromatic carbocycles. The summed E-state index contributed by atoms with van der Waals surface area (Å²) in [7, 11) is 1.59. The zero-order valence-corrected chi connectivity index (χ0v) is 15.7. The first-order valence-corrected chi connectivity index (χ1v) is 8.76. The van der Waals surface area contributed by atoms with Gasteiger partial charge in [-0.05, 0) is 30.0 Å². The molecule has 1 saturated heterocycles. The molecule has 0 unspecified atom stereocenters. The van der Waals surface area contributed by atoms with E-state index < -0.39 is 0 Å². The first kappa shape index (κ1) is 19.1. The molecule has 138 valence electrons. The van der Waals surface area contributed by atoms with E-state index in [1.54, 1.807) is 24.1 Å². The van der Waals surface area contributed by atoms with Crippen molar-refractivity contribution in [1.82, 2.24) is 15.1 Å². The van der Waals surface area contributed by atoms with Gasteiger partial charge in [0.1, 0.15) is 5.75 Å². The SMILES string of the molecule is COc1cccc(C(=O)N2CCCN(C(=O)NCC(C)(C)C)CC2)c1. The molecule has 0 aliphatic carbocycles. The molecule has 0 saturated carbocycles. The molecule has 0 bridgehead atoms. The average Bonchev–Trinajstić information content (AvgIpc) is 2.84. The van der Waals surface area contributed by atoms with Crippen LogP contribution in [0, 0.1) is 5.41 Å². The Bertz CT molecular complexity index is 610. The number of benzene rings is 1. The largest absolute Gasteiger partial charge is 0.497 e. The van der Waals surface area contributed by atoms with E-state index in [9.17, 15) is 9.59 Å². The molecule has 0 aromatic heterocycles. The van der Waals surface area contributed by atoms with Gasteiger partial charge in [0.15, 0.2) is 0 Å². The number of amides is 3. The minimum atomic E-state index is -0.0504. The van der Waals surface area contributed by atoms with Crippen molar-refractivity contribution in [3.63, 3.8) is 0 Å². The summed E-state index contributed by atoms with van der Waals surface area (Å²) in [6.07, 6.45) is 0.776. The summed E-state index contributed by atoms with van der Waals surface area (Å²) in [5.74, 6) is 0.653. The van der Waals surface area contributed by atoms with Gasteiger partial charge in [0, 0.05) is 38.3 Å². The minimum Gasteiger partial charge on any atom is -0.497 e. The van der Waals surface area contributed by atoms with Gasteiger partial charge in [0.25, 0.3) is 5.91 Å². The fourth-order valence-corrected chi connectivity index (χ4v) is 2.71. The van der Waals surface area contributed by atoms with E-state index in [1.807, 2.05) is 17.0 Å². The molecular weight excluding hydrogens is 318 g/mol. The summed E-state index contributed by atoms with van der Waals surface area (Å²) >= 11 is 0. The van der Waals surface area contributed by atoms with Gasteiger partial charge in [0.2, 0.25) is 0 Å². The van der Waals surface area contributed by atoms with Gasteiger partial charge < -0.3 is 19.9 Å². The van der Waals surface area contributed by atoms with Crippen LogP contribution in [0.25, 0.3) is 0 Å². The van der Waals surface area contributed by atoms with E-state index >= 15 is 0 Å². The molecule has 3 amide bonds. The molecule has 6 nitrogen and oxygen atoms in total. The smallest absolute Gasteiger partial charge is 0.317 e. The monoisotopic (exact) mass is 347 g/mol. The number of hydrogen-bond acceptors (Lipinski definition) is 3. The van der Waals surface area contributed by atoms with E-state index in [1.165, 1.54) is 0 Å². The number of methoxy groups -OCH3 is 1. The molecular formula is C19H29N3O3. The predicted octanol–water partition coefficient (Wildman–Crippen LogP) is 2.60. The second-order valence-electron chi connectivity index (χ2n) is 7.58.